The number of carbonyl (C=O) groups is 1. The van der Waals surface area contributed by atoms with Crippen molar-refractivity contribution < 1.29 is 9.53 Å². The van der Waals surface area contributed by atoms with E-state index in [1.807, 2.05) is 54.6 Å². The smallest absolute Gasteiger partial charge is 0.224 e. The molecule has 0 unspecified atom stereocenters. The lowest BCUT2D eigenvalue weighted by Gasteiger charge is -2.11. The third-order valence-corrected chi connectivity index (χ3v) is 4.10. The molecule has 3 aromatic carbocycles. The topological polar surface area (TPSA) is 38.3 Å². The molecule has 25 heavy (non-hydrogen) atoms. The van der Waals surface area contributed by atoms with Crippen LogP contribution in [0.25, 0.3) is 11.1 Å². The fourth-order valence-electron chi connectivity index (χ4n) is 2.76. The SMILES string of the molecule is COc1ccc(CC(=O)NCc2ccccc2-c2ccccc2)cc1. The van der Waals surface area contributed by atoms with E-state index in [9.17, 15) is 4.79 Å². The van der Waals surface area contributed by atoms with Gasteiger partial charge in [-0.3, -0.25) is 4.79 Å². The first-order chi connectivity index (χ1) is 12.3. The highest BCUT2D eigenvalue weighted by atomic mass is 16.5. The molecule has 0 aliphatic heterocycles. The second-order valence-corrected chi connectivity index (χ2v) is 5.82. The second kappa shape index (κ2) is 8.15. The Balaban J connectivity index is 1.64. The molecule has 0 atom stereocenters. The molecule has 0 bridgehead atoms. The Labute approximate surface area is 148 Å². The number of amides is 1. The fourth-order valence-corrected chi connectivity index (χ4v) is 2.76. The Bertz CT molecular complexity index is 826. The van der Waals surface area contributed by atoms with E-state index in [1.165, 1.54) is 0 Å². The van der Waals surface area contributed by atoms with Gasteiger partial charge in [-0.2, -0.15) is 0 Å². The number of hydrogen-bond donors (Lipinski definition) is 1. The van der Waals surface area contributed by atoms with E-state index in [0.717, 1.165) is 28.0 Å². The first-order valence-electron chi connectivity index (χ1n) is 8.29. The van der Waals surface area contributed by atoms with Gasteiger partial charge in [0.05, 0.1) is 13.5 Å². The maximum Gasteiger partial charge on any atom is 0.224 e. The summed E-state index contributed by atoms with van der Waals surface area (Å²) in [6.07, 6.45) is 0.359. The Hall–Kier alpha value is -3.07. The molecule has 0 aliphatic carbocycles. The molecule has 3 rings (SSSR count). The van der Waals surface area contributed by atoms with E-state index in [0.29, 0.717) is 13.0 Å². The number of methoxy groups -OCH3 is 1. The molecule has 0 aromatic heterocycles. The van der Waals surface area contributed by atoms with Crippen molar-refractivity contribution in [2.24, 2.45) is 0 Å². The third kappa shape index (κ3) is 4.48. The van der Waals surface area contributed by atoms with Crippen LogP contribution in [0.5, 0.6) is 5.75 Å². The summed E-state index contributed by atoms with van der Waals surface area (Å²) in [5, 5.41) is 3.02. The van der Waals surface area contributed by atoms with Crippen molar-refractivity contribution in [3.05, 3.63) is 90.0 Å². The Kier molecular flexibility index (Phi) is 5.47. The van der Waals surface area contributed by atoms with Gasteiger partial charge in [-0.1, -0.05) is 66.7 Å². The van der Waals surface area contributed by atoms with E-state index in [2.05, 4.69) is 29.6 Å². The average molecular weight is 331 g/mol. The van der Waals surface area contributed by atoms with Gasteiger partial charge in [0.1, 0.15) is 5.75 Å². The van der Waals surface area contributed by atoms with Crippen LogP contribution in [0.1, 0.15) is 11.1 Å². The minimum Gasteiger partial charge on any atom is -0.497 e. The molecule has 0 radical (unpaired) electrons. The van der Waals surface area contributed by atoms with Crippen molar-refractivity contribution in [3.8, 4) is 16.9 Å². The summed E-state index contributed by atoms with van der Waals surface area (Å²) in [4.78, 5) is 12.2. The molecule has 0 saturated heterocycles. The van der Waals surface area contributed by atoms with E-state index < -0.39 is 0 Å². The summed E-state index contributed by atoms with van der Waals surface area (Å²) in [5.41, 5.74) is 4.38. The Morgan fingerprint density at radius 3 is 2.28 bits per heavy atom. The average Bonchev–Trinajstić information content (AvgIpc) is 2.68. The van der Waals surface area contributed by atoms with Gasteiger partial charge in [0, 0.05) is 6.54 Å². The van der Waals surface area contributed by atoms with E-state index >= 15 is 0 Å². The lowest BCUT2D eigenvalue weighted by molar-refractivity contribution is -0.120. The molecule has 0 fully saturated rings. The zero-order valence-corrected chi connectivity index (χ0v) is 14.2. The van der Waals surface area contributed by atoms with Crippen LogP contribution in [0.4, 0.5) is 0 Å². The van der Waals surface area contributed by atoms with Crippen LogP contribution < -0.4 is 10.1 Å². The predicted molar refractivity (Wildman–Crippen MR) is 100 cm³/mol. The molecular weight excluding hydrogens is 310 g/mol. The van der Waals surface area contributed by atoms with Crippen molar-refractivity contribution in [3.63, 3.8) is 0 Å². The van der Waals surface area contributed by atoms with Crippen molar-refractivity contribution in [2.75, 3.05) is 7.11 Å². The number of nitrogens with one attached hydrogen (secondary N) is 1. The van der Waals surface area contributed by atoms with Crippen LogP contribution in [0, 0.1) is 0 Å². The number of carbonyl (C=O) groups excluding carboxylic acids is 1. The zero-order valence-electron chi connectivity index (χ0n) is 14.2. The zero-order chi connectivity index (χ0) is 17.5. The molecule has 3 nitrogen and oxygen atoms in total. The van der Waals surface area contributed by atoms with Crippen LogP contribution in [0.2, 0.25) is 0 Å². The lowest BCUT2D eigenvalue weighted by atomic mass is 10.00. The van der Waals surface area contributed by atoms with Crippen LogP contribution in [0.15, 0.2) is 78.9 Å². The molecule has 3 heteroatoms. The Morgan fingerprint density at radius 1 is 0.880 bits per heavy atom. The van der Waals surface area contributed by atoms with Gasteiger partial charge in [0.15, 0.2) is 0 Å². The summed E-state index contributed by atoms with van der Waals surface area (Å²) < 4.78 is 5.13. The molecule has 0 spiro atoms. The minimum absolute atomic E-state index is 0.00744. The quantitative estimate of drug-likeness (QED) is 0.734. The predicted octanol–water partition coefficient (Wildman–Crippen LogP) is 4.22. The largest absolute Gasteiger partial charge is 0.497 e. The number of hydrogen-bond acceptors (Lipinski definition) is 2. The number of rotatable bonds is 6. The molecule has 1 N–H and O–H groups in total. The highest BCUT2D eigenvalue weighted by molar-refractivity contribution is 5.79. The van der Waals surface area contributed by atoms with E-state index in [1.54, 1.807) is 7.11 Å². The molecule has 0 heterocycles. The number of ether oxygens (including phenoxy) is 1. The van der Waals surface area contributed by atoms with Gasteiger partial charge in [-0.25, -0.2) is 0 Å². The fraction of sp³-hybridized carbons (Fsp3) is 0.136. The monoisotopic (exact) mass is 331 g/mol. The van der Waals surface area contributed by atoms with Gasteiger partial charge >= 0.3 is 0 Å². The molecule has 0 saturated carbocycles. The van der Waals surface area contributed by atoms with Crippen molar-refractivity contribution in [1.29, 1.82) is 0 Å². The van der Waals surface area contributed by atoms with Gasteiger partial charge in [0.2, 0.25) is 5.91 Å². The highest BCUT2D eigenvalue weighted by Gasteiger charge is 2.07. The van der Waals surface area contributed by atoms with Crippen LogP contribution in [-0.2, 0) is 17.8 Å². The molecule has 3 aromatic rings. The first kappa shape index (κ1) is 16.8. The number of benzene rings is 3. The van der Waals surface area contributed by atoms with Crippen molar-refractivity contribution >= 4 is 5.91 Å². The van der Waals surface area contributed by atoms with Gasteiger partial charge in [-0.15, -0.1) is 0 Å². The maximum atomic E-state index is 12.2. The van der Waals surface area contributed by atoms with Crippen molar-refractivity contribution in [1.82, 2.24) is 5.32 Å². The summed E-state index contributed by atoms with van der Waals surface area (Å²) in [5.74, 6) is 0.800. The normalized spacial score (nSPS) is 10.3. The first-order valence-corrected chi connectivity index (χ1v) is 8.29. The van der Waals surface area contributed by atoms with E-state index in [-0.39, 0.29) is 5.91 Å². The summed E-state index contributed by atoms with van der Waals surface area (Å²) in [6, 6.07) is 25.9. The van der Waals surface area contributed by atoms with Crippen LogP contribution >= 0.6 is 0 Å². The minimum atomic E-state index is 0.00744. The van der Waals surface area contributed by atoms with Crippen LogP contribution in [0.3, 0.4) is 0 Å². The van der Waals surface area contributed by atoms with Crippen LogP contribution in [-0.4, -0.2) is 13.0 Å². The summed E-state index contributed by atoms with van der Waals surface area (Å²) >= 11 is 0. The lowest BCUT2D eigenvalue weighted by Crippen LogP contribution is -2.24. The van der Waals surface area contributed by atoms with Gasteiger partial charge < -0.3 is 10.1 Å². The van der Waals surface area contributed by atoms with Crippen molar-refractivity contribution in [2.45, 2.75) is 13.0 Å². The third-order valence-electron chi connectivity index (χ3n) is 4.10. The standard InChI is InChI=1S/C22H21NO2/c1-25-20-13-11-17(12-14-20)15-22(24)23-16-19-9-5-6-10-21(19)18-7-3-2-4-8-18/h2-14H,15-16H2,1H3,(H,23,24). The molecular formula is C22H21NO2. The molecule has 0 aliphatic rings. The Morgan fingerprint density at radius 2 is 1.56 bits per heavy atom. The highest BCUT2D eigenvalue weighted by Crippen LogP contribution is 2.23. The molecule has 1 amide bonds. The summed E-state index contributed by atoms with van der Waals surface area (Å²) in [7, 11) is 1.63. The van der Waals surface area contributed by atoms with Gasteiger partial charge in [-0.05, 0) is 34.4 Å². The van der Waals surface area contributed by atoms with E-state index in [4.69, 9.17) is 4.74 Å². The molecule has 126 valence electrons. The van der Waals surface area contributed by atoms with Gasteiger partial charge in [0.25, 0.3) is 0 Å². The maximum absolute atomic E-state index is 12.2. The second-order valence-electron chi connectivity index (χ2n) is 5.82. The summed E-state index contributed by atoms with van der Waals surface area (Å²) in [6.45, 7) is 0.514.